The monoisotopic (exact) mass is 433 g/mol. The van der Waals surface area contributed by atoms with Crippen LogP contribution in [0.25, 0.3) is 0 Å². The molecule has 2 aromatic rings. The Hall–Kier alpha value is -3.28. The van der Waals surface area contributed by atoms with Gasteiger partial charge >= 0.3 is 0 Å². The van der Waals surface area contributed by atoms with Crippen molar-refractivity contribution < 1.29 is 23.5 Å². The van der Waals surface area contributed by atoms with E-state index >= 15 is 0 Å². The van der Waals surface area contributed by atoms with Gasteiger partial charge in [-0.3, -0.25) is 9.59 Å². The third-order valence-electron chi connectivity index (χ3n) is 6.65. The highest BCUT2D eigenvalue weighted by atomic mass is 16.5. The van der Waals surface area contributed by atoms with Gasteiger partial charge in [-0.15, -0.1) is 0 Å². The van der Waals surface area contributed by atoms with Gasteiger partial charge in [0.05, 0.1) is 30.3 Å². The van der Waals surface area contributed by atoms with E-state index in [1.54, 1.807) is 23.3 Å². The highest BCUT2D eigenvalue weighted by molar-refractivity contribution is 6.11. The predicted octanol–water partition coefficient (Wildman–Crippen LogP) is 4.59. The van der Waals surface area contributed by atoms with Crippen LogP contribution in [-0.2, 0) is 20.9 Å². The Morgan fingerprint density at radius 1 is 1.22 bits per heavy atom. The Morgan fingerprint density at radius 2 is 2.09 bits per heavy atom. The van der Waals surface area contributed by atoms with Gasteiger partial charge in [0.25, 0.3) is 5.91 Å². The number of benzene rings is 1. The number of hydrogen-bond donors (Lipinski definition) is 0. The van der Waals surface area contributed by atoms with Crippen LogP contribution < -0.4 is 4.74 Å². The van der Waals surface area contributed by atoms with Crippen molar-refractivity contribution in [3.63, 3.8) is 0 Å². The van der Waals surface area contributed by atoms with Gasteiger partial charge in [-0.1, -0.05) is 31.7 Å². The molecule has 3 heterocycles. The summed E-state index contributed by atoms with van der Waals surface area (Å²) in [5, 5.41) is 0. The molecule has 4 atom stereocenters. The molecule has 1 aromatic heterocycles. The van der Waals surface area contributed by atoms with E-state index in [1.165, 1.54) is 0 Å². The van der Waals surface area contributed by atoms with Crippen molar-refractivity contribution in [3.8, 4) is 5.75 Å². The topological polar surface area (TPSA) is 69.0 Å². The van der Waals surface area contributed by atoms with Gasteiger partial charge in [0.1, 0.15) is 24.2 Å². The SMILES string of the molecule is C=CCOc1cccc(C2C3=C(OC4CCC(C)CC4C3=O)C(=O)N2Cc2ccco2)c1. The minimum Gasteiger partial charge on any atom is -0.490 e. The Bertz CT molecular complexity index is 1070. The number of nitrogens with zero attached hydrogens (tertiary/aromatic N) is 1. The van der Waals surface area contributed by atoms with Crippen molar-refractivity contribution in [3.05, 3.63) is 78.0 Å². The van der Waals surface area contributed by atoms with E-state index in [0.717, 1.165) is 24.8 Å². The number of rotatable bonds is 6. The van der Waals surface area contributed by atoms with Gasteiger partial charge in [-0.05, 0) is 55.0 Å². The van der Waals surface area contributed by atoms with Crippen LogP contribution in [0, 0.1) is 11.8 Å². The number of Topliss-reactive ketones (excluding diaryl/α,β-unsaturated/α-hetero) is 1. The fraction of sp³-hybridized carbons (Fsp3) is 0.385. The zero-order valence-electron chi connectivity index (χ0n) is 18.2. The molecular formula is C26H27NO5. The maximum absolute atomic E-state index is 13.7. The summed E-state index contributed by atoms with van der Waals surface area (Å²) in [5.74, 6) is 1.58. The molecule has 4 unspecified atom stereocenters. The second-order valence-corrected chi connectivity index (χ2v) is 8.88. The van der Waals surface area contributed by atoms with Crippen molar-refractivity contribution in [2.75, 3.05) is 6.61 Å². The van der Waals surface area contributed by atoms with Gasteiger partial charge < -0.3 is 18.8 Å². The molecule has 5 rings (SSSR count). The number of carbonyl (C=O) groups is 2. The third-order valence-corrected chi connectivity index (χ3v) is 6.65. The summed E-state index contributed by atoms with van der Waals surface area (Å²) in [7, 11) is 0. The minimum atomic E-state index is -0.541. The fourth-order valence-corrected chi connectivity index (χ4v) is 5.13. The van der Waals surface area contributed by atoms with Crippen molar-refractivity contribution in [2.45, 2.75) is 44.9 Å². The number of furan rings is 1. The predicted molar refractivity (Wildman–Crippen MR) is 118 cm³/mol. The third kappa shape index (κ3) is 3.53. The molecule has 0 saturated heterocycles. The Morgan fingerprint density at radius 3 is 2.88 bits per heavy atom. The zero-order chi connectivity index (χ0) is 22.2. The lowest BCUT2D eigenvalue weighted by molar-refractivity contribution is -0.136. The second kappa shape index (κ2) is 8.34. The van der Waals surface area contributed by atoms with E-state index in [2.05, 4.69) is 13.5 Å². The summed E-state index contributed by atoms with van der Waals surface area (Å²) in [4.78, 5) is 28.9. The molecule has 0 bridgehead atoms. The number of ketones is 1. The van der Waals surface area contributed by atoms with Crippen LogP contribution in [0.4, 0.5) is 0 Å². The maximum Gasteiger partial charge on any atom is 0.290 e. The lowest BCUT2D eigenvalue weighted by Crippen LogP contribution is -2.41. The quantitative estimate of drug-likeness (QED) is 0.624. The lowest BCUT2D eigenvalue weighted by Gasteiger charge is -2.37. The number of fused-ring (bicyclic) bond motifs is 1. The van der Waals surface area contributed by atoms with Gasteiger partial charge in [0.2, 0.25) is 0 Å². The van der Waals surface area contributed by atoms with E-state index in [-0.39, 0.29) is 36.0 Å². The molecule has 0 radical (unpaired) electrons. The molecule has 6 nitrogen and oxygen atoms in total. The smallest absolute Gasteiger partial charge is 0.290 e. The first-order chi connectivity index (χ1) is 15.6. The first kappa shape index (κ1) is 20.6. The summed E-state index contributed by atoms with van der Waals surface area (Å²) in [5.41, 5.74) is 1.29. The van der Waals surface area contributed by atoms with Crippen LogP contribution in [0.15, 0.2) is 71.1 Å². The molecule has 1 amide bonds. The van der Waals surface area contributed by atoms with Crippen LogP contribution in [-0.4, -0.2) is 29.3 Å². The molecule has 32 heavy (non-hydrogen) atoms. The molecule has 1 aromatic carbocycles. The molecule has 0 spiro atoms. The van der Waals surface area contributed by atoms with E-state index in [0.29, 0.717) is 29.6 Å². The van der Waals surface area contributed by atoms with Gasteiger partial charge in [0.15, 0.2) is 11.5 Å². The molecule has 166 valence electrons. The van der Waals surface area contributed by atoms with E-state index < -0.39 is 6.04 Å². The van der Waals surface area contributed by atoms with Crippen LogP contribution in [0.2, 0.25) is 0 Å². The summed E-state index contributed by atoms with van der Waals surface area (Å²) >= 11 is 0. The number of carbonyl (C=O) groups excluding carboxylic acids is 2. The van der Waals surface area contributed by atoms with Gasteiger partial charge in [0, 0.05) is 0 Å². The molecule has 0 N–H and O–H groups in total. The molecule has 1 fully saturated rings. The standard InChI is InChI=1S/C26H27NO5/c1-3-11-30-18-7-4-6-17(14-18)23-22-24(28)20-13-16(2)9-10-21(20)32-25(22)26(29)27(23)15-19-8-5-12-31-19/h3-8,12,14,16,20-21,23H,1,9-11,13,15H2,2H3. The van der Waals surface area contributed by atoms with Crippen LogP contribution >= 0.6 is 0 Å². The van der Waals surface area contributed by atoms with Crippen molar-refractivity contribution in [1.82, 2.24) is 4.90 Å². The van der Waals surface area contributed by atoms with E-state index in [9.17, 15) is 9.59 Å². The molecule has 6 heteroatoms. The maximum atomic E-state index is 13.7. The largest absolute Gasteiger partial charge is 0.490 e. The average Bonchev–Trinajstić information content (AvgIpc) is 3.41. The zero-order valence-corrected chi connectivity index (χ0v) is 18.2. The Kier molecular flexibility index (Phi) is 5.37. The second-order valence-electron chi connectivity index (χ2n) is 8.88. The van der Waals surface area contributed by atoms with Gasteiger partial charge in [-0.2, -0.15) is 0 Å². The molecule has 1 aliphatic carbocycles. The highest BCUT2D eigenvalue weighted by Crippen LogP contribution is 2.48. The Balaban J connectivity index is 1.56. The summed E-state index contributed by atoms with van der Waals surface area (Å²) in [6.45, 7) is 6.50. The summed E-state index contributed by atoms with van der Waals surface area (Å²) < 4.78 is 17.5. The van der Waals surface area contributed by atoms with Crippen LogP contribution in [0.1, 0.15) is 43.6 Å². The molecule has 2 aliphatic heterocycles. The fourth-order valence-electron chi connectivity index (χ4n) is 5.13. The number of hydrogen-bond acceptors (Lipinski definition) is 5. The number of amides is 1. The summed E-state index contributed by atoms with van der Waals surface area (Å²) in [6.07, 6.45) is 5.65. The molecule has 1 saturated carbocycles. The van der Waals surface area contributed by atoms with Crippen LogP contribution in [0.3, 0.4) is 0 Å². The minimum absolute atomic E-state index is 0.0421. The average molecular weight is 434 g/mol. The normalized spacial score (nSPS) is 27.1. The van der Waals surface area contributed by atoms with Crippen molar-refractivity contribution >= 4 is 11.7 Å². The van der Waals surface area contributed by atoms with E-state index in [4.69, 9.17) is 13.9 Å². The van der Waals surface area contributed by atoms with Crippen molar-refractivity contribution in [2.24, 2.45) is 11.8 Å². The molecule has 3 aliphatic rings. The Labute approximate surface area is 187 Å². The first-order valence-corrected chi connectivity index (χ1v) is 11.2. The van der Waals surface area contributed by atoms with Gasteiger partial charge in [-0.25, -0.2) is 0 Å². The van der Waals surface area contributed by atoms with E-state index in [1.807, 2.05) is 30.3 Å². The molecular weight excluding hydrogens is 406 g/mol. The summed E-state index contributed by atoms with van der Waals surface area (Å²) in [6, 6.07) is 10.6. The number of ether oxygens (including phenoxy) is 2. The highest BCUT2D eigenvalue weighted by Gasteiger charge is 2.52. The first-order valence-electron chi connectivity index (χ1n) is 11.2. The van der Waals surface area contributed by atoms with Crippen LogP contribution in [0.5, 0.6) is 5.75 Å². The van der Waals surface area contributed by atoms with Crippen molar-refractivity contribution in [1.29, 1.82) is 0 Å². The lowest BCUT2D eigenvalue weighted by atomic mass is 9.74.